The first-order chi connectivity index (χ1) is 7.89. The first-order valence-electron chi connectivity index (χ1n) is 5.72. The molecule has 0 fully saturated rings. The van der Waals surface area contributed by atoms with Gasteiger partial charge in [0, 0.05) is 19.6 Å². The summed E-state index contributed by atoms with van der Waals surface area (Å²) >= 11 is 0. The number of carbonyl (C=O) groups is 1. The highest BCUT2D eigenvalue weighted by Crippen LogP contribution is 1.94. The molecule has 6 nitrogen and oxygen atoms in total. The summed E-state index contributed by atoms with van der Waals surface area (Å²) < 4.78 is 29.5. The van der Waals surface area contributed by atoms with Gasteiger partial charge >= 0.3 is 0 Å². The molecule has 7 heteroatoms. The van der Waals surface area contributed by atoms with E-state index >= 15 is 0 Å². The maximum absolute atomic E-state index is 10.6. The Kier molecular flexibility index (Phi) is 8.11. The van der Waals surface area contributed by atoms with E-state index in [1.54, 1.807) is 4.90 Å². The third-order valence-electron chi connectivity index (χ3n) is 2.37. The van der Waals surface area contributed by atoms with E-state index < -0.39 is 10.1 Å². The van der Waals surface area contributed by atoms with Crippen LogP contribution in [0.2, 0.25) is 0 Å². The van der Waals surface area contributed by atoms with Gasteiger partial charge in [-0.05, 0) is 26.4 Å². The molecule has 0 radical (unpaired) electrons. The molecule has 0 rings (SSSR count). The summed E-state index contributed by atoms with van der Waals surface area (Å²) in [5.74, 6) is -0.219. The summed E-state index contributed by atoms with van der Waals surface area (Å²) in [5, 5.41) is 0. The van der Waals surface area contributed by atoms with Gasteiger partial charge in [-0.1, -0.05) is 6.92 Å². The molecule has 0 spiro atoms. The SMILES string of the molecule is CCCN(C=O)CCN(C)CCCS(=O)(=O)O. The summed E-state index contributed by atoms with van der Waals surface area (Å²) in [7, 11) is -2.00. The highest BCUT2D eigenvalue weighted by Gasteiger charge is 2.07. The standard InChI is InChI=1S/C10H22N2O4S/c1-3-5-12(10-13)8-7-11(2)6-4-9-17(14,15)16/h10H,3-9H2,1-2H3,(H,14,15,16). The predicted octanol–water partition coefficient (Wildman–Crippen LogP) is 0.0645. The third kappa shape index (κ3) is 10.2. The van der Waals surface area contributed by atoms with Crippen LogP contribution in [0.25, 0.3) is 0 Å². The zero-order valence-electron chi connectivity index (χ0n) is 10.5. The highest BCUT2D eigenvalue weighted by atomic mass is 32.2. The topological polar surface area (TPSA) is 77.9 Å². The molecule has 17 heavy (non-hydrogen) atoms. The zero-order chi connectivity index (χ0) is 13.3. The van der Waals surface area contributed by atoms with Gasteiger partial charge in [-0.25, -0.2) is 0 Å². The molecule has 102 valence electrons. The van der Waals surface area contributed by atoms with Crippen LogP contribution in [0.3, 0.4) is 0 Å². The maximum atomic E-state index is 10.6. The number of likely N-dealkylation sites (N-methyl/N-ethyl adjacent to an activating group) is 1. The Morgan fingerprint density at radius 2 is 1.82 bits per heavy atom. The third-order valence-corrected chi connectivity index (χ3v) is 3.18. The Bertz CT molecular complexity index is 305. The van der Waals surface area contributed by atoms with Crippen LogP contribution in [0.4, 0.5) is 0 Å². The van der Waals surface area contributed by atoms with E-state index in [-0.39, 0.29) is 5.75 Å². The van der Waals surface area contributed by atoms with Crippen molar-refractivity contribution in [2.24, 2.45) is 0 Å². The van der Waals surface area contributed by atoms with Gasteiger partial charge in [0.2, 0.25) is 6.41 Å². The lowest BCUT2D eigenvalue weighted by Gasteiger charge is -2.21. The molecular formula is C10H22N2O4S. The van der Waals surface area contributed by atoms with Crippen molar-refractivity contribution in [1.29, 1.82) is 0 Å². The van der Waals surface area contributed by atoms with Crippen molar-refractivity contribution in [1.82, 2.24) is 9.80 Å². The van der Waals surface area contributed by atoms with E-state index in [1.165, 1.54) is 0 Å². The molecule has 0 atom stereocenters. The molecule has 0 unspecified atom stereocenters. The number of hydrogen-bond acceptors (Lipinski definition) is 4. The molecule has 0 saturated carbocycles. The van der Waals surface area contributed by atoms with E-state index in [4.69, 9.17) is 4.55 Å². The molecular weight excluding hydrogens is 244 g/mol. The number of carbonyl (C=O) groups excluding carboxylic acids is 1. The van der Waals surface area contributed by atoms with E-state index in [9.17, 15) is 13.2 Å². The second-order valence-corrected chi connectivity index (χ2v) is 5.66. The molecule has 0 heterocycles. The van der Waals surface area contributed by atoms with Crippen molar-refractivity contribution in [3.05, 3.63) is 0 Å². The van der Waals surface area contributed by atoms with Gasteiger partial charge in [0.25, 0.3) is 10.1 Å². The quantitative estimate of drug-likeness (QED) is 0.447. The number of hydrogen-bond donors (Lipinski definition) is 1. The van der Waals surface area contributed by atoms with Crippen molar-refractivity contribution in [2.75, 3.05) is 39.0 Å². The van der Waals surface area contributed by atoms with E-state index in [2.05, 4.69) is 0 Å². The largest absolute Gasteiger partial charge is 0.344 e. The van der Waals surface area contributed by atoms with Crippen LogP contribution >= 0.6 is 0 Å². The van der Waals surface area contributed by atoms with E-state index in [0.29, 0.717) is 26.1 Å². The van der Waals surface area contributed by atoms with Gasteiger partial charge in [0.05, 0.1) is 5.75 Å². The predicted molar refractivity (Wildman–Crippen MR) is 66.5 cm³/mol. The fourth-order valence-corrected chi connectivity index (χ4v) is 1.93. The second kappa shape index (κ2) is 8.43. The molecule has 1 N–H and O–H groups in total. The normalized spacial score (nSPS) is 11.8. The molecule has 0 saturated heterocycles. The Balaban J connectivity index is 3.71. The van der Waals surface area contributed by atoms with Crippen molar-refractivity contribution in [2.45, 2.75) is 19.8 Å². The first-order valence-corrected chi connectivity index (χ1v) is 7.33. The van der Waals surface area contributed by atoms with Crippen LogP contribution < -0.4 is 0 Å². The van der Waals surface area contributed by atoms with Crippen LogP contribution in [0.5, 0.6) is 0 Å². The number of amides is 1. The molecule has 0 aliphatic rings. The van der Waals surface area contributed by atoms with Crippen LogP contribution in [0.15, 0.2) is 0 Å². The summed E-state index contributed by atoms with van der Waals surface area (Å²) in [5.41, 5.74) is 0. The fraction of sp³-hybridized carbons (Fsp3) is 0.900. The van der Waals surface area contributed by atoms with Crippen LogP contribution in [0, 0.1) is 0 Å². The minimum absolute atomic E-state index is 0.219. The molecule has 0 aliphatic heterocycles. The van der Waals surface area contributed by atoms with Gasteiger partial charge in [-0.2, -0.15) is 8.42 Å². The van der Waals surface area contributed by atoms with Crippen molar-refractivity contribution in [3.8, 4) is 0 Å². The summed E-state index contributed by atoms with van der Waals surface area (Å²) in [6.45, 7) is 4.66. The molecule has 1 amide bonds. The van der Waals surface area contributed by atoms with Crippen molar-refractivity contribution >= 4 is 16.5 Å². The van der Waals surface area contributed by atoms with Crippen LogP contribution in [-0.2, 0) is 14.9 Å². The average molecular weight is 266 g/mol. The zero-order valence-corrected chi connectivity index (χ0v) is 11.3. The molecule has 0 aromatic carbocycles. The van der Waals surface area contributed by atoms with Gasteiger partial charge in [-0.15, -0.1) is 0 Å². The Hall–Kier alpha value is -0.660. The summed E-state index contributed by atoms with van der Waals surface area (Å²) in [4.78, 5) is 14.3. The van der Waals surface area contributed by atoms with Crippen LogP contribution in [0.1, 0.15) is 19.8 Å². The number of rotatable bonds is 10. The molecule has 0 bridgehead atoms. The van der Waals surface area contributed by atoms with Gasteiger partial charge in [-0.3, -0.25) is 9.35 Å². The van der Waals surface area contributed by atoms with Crippen molar-refractivity contribution < 1.29 is 17.8 Å². The maximum Gasteiger partial charge on any atom is 0.264 e. The monoisotopic (exact) mass is 266 g/mol. The summed E-state index contributed by atoms with van der Waals surface area (Å²) in [6.07, 6.45) is 2.14. The Labute approximate surface area is 103 Å². The molecule has 0 aliphatic carbocycles. The van der Waals surface area contributed by atoms with E-state index in [0.717, 1.165) is 19.4 Å². The first kappa shape index (κ1) is 16.3. The van der Waals surface area contributed by atoms with Crippen molar-refractivity contribution in [3.63, 3.8) is 0 Å². The molecule has 0 aromatic rings. The second-order valence-electron chi connectivity index (χ2n) is 4.08. The fourth-order valence-electron chi connectivity index (χ4n) is 1.43. The van der Waals surface area contributed by atoms with Gasteiger partial charge < -0.3 is 9.80 Å². The smallest absolute Gasteiger partial charge is 0.264 e. The van der Waals surface area contributed by atoms with E-state index in [1.807, 2.05) is 18.9 Å². The summed E-state index contributed by atoms with van der Waals surface area (Å²) in [6, 6.07) is 0. The Morgan fingerprint density at radius 1 is 1.18 bits per heavy atom. The van der Waals surface area contributed by atoms with Gasteiger partial charge in [0.15, 0.2) is 0 Å². The minimum atomic E-state index is -3.86. The lowest BCUT2D eigenvalue weighted by Crippen LogP contribution is -2.33. The number of nitrogens with zero attached hydrogens (tertiary/aromatic N) is 2. The molecule has 0 aromatic heterocycles. The van der Waals surface area contributed by atoms with Gasteiger partial charge in [0.1, 0.15) is 0 Å². The minimum Gasteiger partial charge on any atom is -0.344 e. The Morgan fingerprint density at radius 3 is 2.29 bits per heavy atom. The average Bonchev–Trinajstić information content (AvgIpc) is 2.22. The lowest BCUT2D eigenvalue weighted by atomic mass is 10.4. The highest BCUT2D eigenvalue weighted by molar-refractivity contribution is 7.85. The van der Waals surface area contributed by atoms with Crippen LogP contribution in [-0.4, -0.2) is 68.2 Å². The lowest BCUT2D eigenvalue weighted by molar-refractivity contribution is -0.118.